The minimum Gasteiger partial charge on any atom is -0.508 e. The van der Waals surface area contributed by atoms with Gasteiger partial charge in [-0.15, -0.1) is 0 Å². The molecule has 0 aliphatic rings. The molecule has 0 aromatic heterocycles. The predicted octanol–water partition coefficient (Wildman–Crippen LogP) is 2.46. The molecule has 0 spiro atoms. The quantitative estimate of drug-likeness (QED) is 0.399. The van der Waals surface area contributed by atoms with E-state index in [0.29, 0.717) is 12.8 Å². The minimum absolute atomic E-state index is 0.188. The van der Waals surface area contributed by atoms with Crippen LogP contribution in [0.25, 0.3) is 0 Å². The molecule has 0 bridgehead atoms. The van der Waals surface area contributed by atoms with E-state index in [1.165, 1.54) is 0 Å². The van der Waals surface area contributed by atoms with Gasteiger partial charge in [0.15, 0.2) is 0 Å². The van der Waals surface area contributed by atoms with Crippen LogP contribution >= 0.6 is 0 Å². The average Bonchev–Trinajstić information content (AvgIpc) is 2.43. The van der Waals surface area contributed by atoms with Crippen molar-refractivity contribution < 1.29 is 15.1 Å². The molecule has 0 radical (unpaired) electrons. The summed E-state index contributed by atoms with van der Waals surface area (Å²) in [5.74, 6) is -0.377. The third kappa shape index (κ3) is 5.40. The summed E-state index contributed by atoms with van der Waals surface area (Å²) in [5.41, 5.74) is 2.49. The van der Waals surface area contributed by atoms with Crippen molar-refractivity contribution >= 4 is 5.91 Å². The molecular weight excluding hydrogens is 244 g/mol. The third-order valence-electron chi connectivity index (χ3n) is 2.97. The van der Waals surface area contributed by atoms with Crippen LogP contribution in [0.2, 0.25) is 0 Å². The highest BCUT2D eigenvalue weighted by molar-refractivity contribution is 5.74. The Morgan fingerprint density at radius 2 is 1.95 bits per heavy atom. The summed E-state index contributed by atoms with van der Waals surface area (Å²) in [7, 11) is 0. The zero-order valence-electron chi connectivity index (χ0n) is 10.7. The van der Waals surface area contributed by atoms with Crippen LogP contribution < -0.4 is 5.48 Å². The smallest absolute Gasteiger partial charge is 0.243 e. The van der Waals surface area contributed by atoms with E-state index in [1.54, 1.807) is 29.7 Å². The summed E-state index contributed by atoms with van der Waals surface area (Å²) in [6.07, 6.45) is 3.40. The van der Waals surface area contributed by atoms with Crippen molar-refractivity contribution in [3.05, 3.63) is 29.8 Å². The molecule has 1 amide bonds. The van der Waals surface area contributed by atoms with E-state index < -0.39 is 0 Å². The van der Waals surface area contributed by atoms with Gasteiger partial charge in [-0.25, -0.2) is 5.48 Å². The Hall–Kier alpha value is -2.06. The Balaban J connectivity index is 2.32. The largest absolute Gasteiger partial charge is 0.508 e. The molecule has 5 nitrogen and oxygen atoms in total. The van der Waals surface area contributed by atoms with E-state index in [-0.39, 0.29) is 17.6 Å². The molecule has 0 saturated heterocycles. The number of amides is 1. The Bertz CT molecular complexity index is 437. The molecule has 0 aliphatic carbocycles. The first-order valence-electron chi connectivity index (χ1n) is 6.29. The van der Waals surface area contributed by atoms with Gasteiger partial charge in [0.05, 0.1) is 12.0 Å². The molecular formula is C14H18N2O3. The maximum absolute atomic E-state index is 10.8. The minimum atomic E-state index is -0.379. The van der Waals surface area contributed by atoms with Crippen LogP contribution in [0, 0.1) is 11.3 Å². The fourth-order valence-electron chi connectivity index (χ4n) is 1.88. The van der Waals surface area contributed by atoms with Gasteiger partial charge in [0, 0.05) is 6.42 Å². The molecule has 1 aromatic rings. The molecule has 0 saturated carbocycles. The fraction of sp³-hybridized carbons (Fsp3) is 0.429. The summed E-state index contributed by atoms with van der Waals surface area (Å²) >= 11 is 0. The second-order valence-electron chi connectivity index (χ2n) is 4.41. The van der Waals surface area contributed by atoms with E-state index in [1.807, 2.05) is 0 Å². The number of hydrogen-bond acceptors (Lipinski definition) is 4. The molecule has 0 aliphatic heterocycles. The van der Waals surface area contributed by atoms with Gasteiger partial charge in [0.2, 0.25) is 5.91 Å². The molecule has 3 N–H and O–H groups in total. The molecule has 102 valence electrons. The number of hydroxylamine groups is 1. The van der Waals surface area contributed by atoms with Crippen LogP contribution in [0.1, 0.15) is 43.6 Å². The molecule has 0 fully saturated rings. The van der Waals surface area contributed by atoms with Gasteiger partial charge < -0.3 is 5.11 Å². The topological polar surface area (TPSA) is 93.4 Å². The number of nitriles is 1. The van der Waals surface area contributed by atoms with Crippen LogP contribution in [0.5, 0.6) is 5.75 Å². The number of rotatable bonds is 7. The SMILES string of the molecule is N#CC(CCCCCC(=O)NO)c1ccc(O)cc1. The van der Waals surface area contributed by atoms with Gasteiger partial charge in [-0.3, -0.25) is 10.0 Å². The number of benzene rings is 1. The van der Waals surface area contributed by atoms with Gasteiger partial charge in [-0.1, -0.05) is 25.0 Å². The van der Waals surface area contributed by atoms with Crippen molar-refractivity contribution in [1.82, 2.24) is 5.48 Å². The molecule has 5 heteroatoms. The number of unbranched alkanes of at least 4 members (excludes halogenated alkanes) is 2. The molecule has 0 heterocycles. The van der Waals surface area contributed by atoms with E-state index in [2.05, 4.69) is 6.07 Å². The zero-order valence-corrected chi connectivity index (χ0v) is 10.7. The van der Waals surface area contributed by atoms with Crippen molar-refractivity contribution in [1.29, 1.82) is 5.26 Å². The average molecular weight is 262 g/mol. The van der Waals surface area contributed by atoms with Gasteiger partial charge >= 0.3 is 0 Å². The fourth-order valence-corrected chi connectivity index (χ4v) is 1.88. The normalized spacial score (nSPS) is 11.6. The summed E-state index contributed by atoms with van der Waals surface area (Å²) in [6.45, 7) is 0. The number of aromatic hydroxyl groups is 1. The number of phenolic OH excluding ortho intramolecular Hbond substituents is 1. The Morgan fingerprint density at radius 1 is 1.26 bits per heavy atom. The molecule has 1 unspecified atom stereocenters. The standard InChI is InChI=1S/C14H18N2O3/c15-10-12(11-6-8-13(17)9-7-11)4-2-1-3-5-14(18)16-19/h6-9,12,17,19H,1-5H2,(H,16,18). The lowest BCUT2D eigenvalue weighted by atomic mass is 9.94. The third-order valence-corrected chi connectivity index (χ3v) is 2.97. The van der Waals surface area contributed by atoms with Gasteiger partial charge in [0.25, 0.3) is 0 Å². The number of carbonyl (C=O) groups excluding carboxylic acids is 1. The van der Waals surface area contributed by atoms with Crippen molar-refractivity contribution in [2.75, 3.05) is 0 Å². The number of carbonyl (C=O) groups is 1. The first-order chi connectivity index (χ1) is 9.17. The highest BCUT2D eigenvalue weighted by Crippen LogP contribution is 2.23. The van der Waals surface area contributed by atoms with E-state index in [4.69, 9.17) is 10.5 Å². The highest BCUT2D eigenvalue weighted by Gasteiger charge is 2.10. The second-order valence-corrected chi connectivity index (χ2v) is 4.41. The van der Waals surface area contributed by atoms with Crippen LogP contribution in [0.15, 0.2) is 24.3 Å². The van der Waals surface area contributed by atoms with Crippen LogP contribution in [0.4, 0.5) is 0 Å². The van der Waals surface area contributed by atoms with Gasteiger partial charge in [-0.05, 0) is 30.5 Å². The number of nitrogens with one attached hydrogen (secondary N) is 1. The summed E-state index contributed by atoms with van der Waals surface area (Å²) in [4.78, 5) is 10.8. The van der Waals surface area contributed by atoms with Crippen LogP contribution in [-0.4, -0.2) is 16.2 Å². The number of nitrogens with zero attached hydrogens (tertiary/aromatic N) is 1. The monoisotopic (exact) mass is 262 g/mol. The Kier molecular flexibility index (Phi) is 6.41. The zero-order chi connectivity index (χ0) is 14.1. The first-order valence-corrected chi connectivity index (χ1v) is 6.29. The second kappa shape index (κ2) is 8.11. The Labute approximate surface area is 112 Å². The molecule has 19 heavy (non-hydrogen) atoms. The van der Waals surface area contributed by atoms with Gasteiger partial charge in [0.1, 0.15) is 5.75 Å². The van der Waals surface area contributed by atoms with Crippen LogP contribution in [-0.2, 0) is 4.79 Å². The molecule has 1 atom stereocenters. The van der Waals surface area contributed by atoms with E-state index >= 15 is 0 Å². The first kappa shape index (κ1) is 15.0. The highest BCUT2D eigenvalue weighted by atomic mass is 16.5. The summed E-state index contributed by atoms with van der Waals surface area (Å²) < 4.78 is 0. The predicted molar refractivity (Wildman–Crippen MR) is 69.5 cm³/mol. The van der Waals surface area contributed by atoms with E-state index in [9.17, 15) is 9.90 Å². The van der Waals surface area contributed by atoms with Crippen LogP contribution in [0.3, 0.4) is 0 Å². The lowest BCUT2D eigenvalue weighted by Crippen LogP contribution is -2.17. The maximum atomic E-state index is 10.8. The van der Waals surface area contributed by atoms with E-state index in [0.717, 1.165) is 24.8 Å². The molecule has 1 aromatic carbocycles. The van der Waals surface area contributed by atoms with Crippen molar-refractivity contribution in [3.8, 4) is 11.8 Å². The summed E-state index contributed by atoms with van der Waals surface area (Å²) in [5, 5.41) is 26.6. The number of phenols is 1. The maximum Gasteiger partial charge on any atom is 0.243 e. The summed E-state index contributed by atoms with van der Waals surface area (Å²) in [6, 6.07) is 8.90. The van der Waals surface area contributed by atoms with Crippen molar-refractivity contribution in [3.63, 3.8) is 0 Å². The molecule has 1 rings (SSSR count). The van der Waals surface area contributed by atoms with Crippen molar-refractivity contribution in [2.24, 2.45) is 0 Å². The van der Waals surface area contributed by atoms with Gasteiger partial charge in [-0.2, -0.15) is 5.26 Å². The Morgan fingerprint density at radius 3 is 2.53 bits per heavy atom. The number of hydrogen-bond donors (Lipinski definition) is 3. The lowest BCUT2D eigenvalue weighted by molar-refractivity contribution is -0.129. The lowest BCUT2D eigenvalue weighted by Gasteiger charge is -2.09. The van der Waals surface area contributed by atoms with Crippen molar-refractivity contribution in [2.45, 2.75) is 38.0 Å².